The van der Waals surface area contributed by atoms with E-state index in [1.54, 1.807) is 6.07 Å². The number of aromatic amines is 1. The number of carbonyl (C=O) groups excluding carboxylic acids is 1. The number of morpholine rings is 2. The molecule has 0 unspecified atom stereocenters. The van der Waals surface area contributed by atoms with Crippen LogP contribution in [-0.4, -0.2) is 90.9 Å². The van der Waals surface area contributed by atoms with Crippen molar-refractivity contribution >= 4 is 16.8 Å². The van der Waals surface area contributed by atoms with Gasteiger partial charge in [0.15, 0.2) is 0 Å². The van der Waals surface area contributed by atoms with Crippen LogP contribution in [0.25, 0.3) is 10.9 Å². The lowest BCUT2D eigenvalue weighted by atomic mass is 10.2. The van der Waals surface area contributed by atoms with Gasteiger partial charge >= 0.3 is 0 Å². The molecule has 2 aliphatic rings. The molecule has 2 aliphatic heterocycles. The number of ether oxygens (including phenoxy) is 2. The second-order valence-corrected chi connectivity index (χ2v) is 8.08. The van der Waals surface area contributed by atoms with Gasteiger partial charge in [0.2, 0.25) is 5.91 Å². The number of rotatable bonds is 8. The summed E-state index contributed by atoms with van der Waals surface area (Å²) in [5.74, 6) is 0.531. The highest BCUT2D eigenvalue weighted by Gasteiger charge is 2.27. The Morgan fingerprint density at radius 3 is 2.81 bits per heavy atom. The van der Waals surface area contributed by atoms with Crippen molar-refractivity contribution < 1.29 is 14.3 Å². The Labute approximate surface area is 181 Å². The number of unbranched alkanes of at least 4 members (excludes halogenated alkanes) is 1. The fraction of sp³-hybridized carbons (Fsp3) is 0.591. The first kappa shape index (κ1) is 21.9. The average Bonchev–Trinajstić information content (AvgIpc) is 2.80. The van der Waals surface area contributed by atoms with Gasteiger partial charge in [-0.05, 0) is 31.5 Å². The zero-order chi connectivity index (χ0) is 21.5. The summed E-state index contributed by atoms with van der Waals surface area (Å²) < 4.78 is 11.0. The SMILES string of the molecule is O=C(NCCCCN1CCOCC1)[C@@H]1CN(Cc2nc3ccccc3c(=O)[nH]2)CCO1. The van der Waals surface area contributed by atoms with Crippen molar-refractivity contribution in [3.8, 4) is 0 Å². The molecule has 168 valence electrons. The Kier molecular flexibility index (Phi) is 7.63. The zero-order valence-corrected chi connectivity index (χ0v) is 17.8. The van der Waals surface area contributed by atoms with Crippen molar-refractivity contribution in [1.82, 2.24) is 25.1 Å². The minimum Gasteiger partial charge on any atom is -0.379 e. The highest BCUT2D eigenvalue weighted by atomic mass is 16.5. The van der Waals surface area contributed by atoms with E-state index in [2.05, 4.69) is 25.1 Å². The molecule has 2 fully saturated rings. The van der Waals surface area contributed by atoms with Crippen LogP contribution < -0.4 is 10.9 Å². The van der Waals surface area contributed by atoms with Crippen molar-refractivity contribution in [2.24, 2.45) is 0 Å². The predicted octanol–water partition coefficient (Wildman–Crippen LogP) is 0.353. The van der Waals surface area contributed by atoms with Crippen LogP contribution >= 0.6 is 0 Å². The molecule has 1 atom stereocenters. The number of nitrogens with one attached hydrogen (secondary N) is 2. The van der Waals surface area contributed by atoms with E-state index in [-0.39, 0.29) is 11.5 Å². The van der Waals surface area contributed by atoms with Crippen LogP contribution in [-0.2, 0) is 20.8 Å². The van der Waals surface area contributed by atoms with E-state index in [1.807, 2.05) is 18.2 Å². The van der Waals surface area contributed by atoms with Crippen molar-refractivity contribution in [3.63, 3.8) is 0 Å². The minimum absolute atomic E-state index is 0.0731. The summed E-state index contributed by atoms with van der Waals surface area (Å²) in [6.45, 7) is 7.46. The fourth-order valence-corrected chi connectivity index (χ4v) is 4.04. The normalized spacial score (nSPS) is 20.7. The molecule has 0 bridgehead atoms. The largest absolute Gasteiger partial charge is 0.379 e. The molecule has 0 saturated carbocycles. The van der Waals surface area contributed by atoms with E-state index in [9.17, 15) is 9.59 Å². The van der Waals surface area contributed by atoms with Gasteiger partial charge in [-0.25, -0.2) is 4.98 Å². The van der Waals surface area contributed by atoms with E-state index in [4.69, 9.17) is 9.47 Å². The van der Waals surface area contributed by atoms with E-state index in [0.717, 1.165) is 45.7 Å². The van der Waals surface area contributed by atoms with Gasteiger partial charge in [0.05, 0.1) is 37.3 Å². The molecule has 1 aromatic carbocycles. The number of amides is 1. The summed E-state index contributed by atoms with van der Waals surface area (Å²) in [5.41, 5.74) is 0.543. The van der Waals surface area contributed by atoms with Crippen molar-refractivity contribution in [1.29, 1.82) is 0 Å². The van der Waals surface area contributed by atoms with Gasteiger partial charge in [0, 0.05) is 32.7 Å². The highest BCUT2D eigenvalue weighted by Crippen LogP contribution is 2.11. The van der Waals surface area contributed by atoms with Gasteiger partial charge in [-0.1, -0.05) is 12.1 Å². The Morgan fingerprint density at radius 2 is 1.94 bits per heavy atom. The second kappa shape index (κ2) is 10.8. The molecule has 0 aliphatic carbocycles. The molecule has 2 aromatic rings. The first-order valence-electron chi connectivity index (χ1n) is 11.1. The van der Waals surface area contributed by atoms with Crippen LogP contribution in [0.1, 0.15) is 18.7 Å². The molecular weight excluding hydrogens is 398 g/mol. The summed E-state index contributed by atoms with van der Waals surface area (Å²) in [5, 5.41) is 3.58. The first-order valence-corrected chi connectivity index (χ1v) is 11.1. The summed E-state index contributed by atoms with van der Waals surface area (Å²) >= 11 is 0. The topological polar surface area (TPSA) is 99.8 Å². The number of hydrogen-bond acceptors (Lipinski definition) is 7. The number of carbonyl (C=O) groups is 1. The third kappa shape index (κ3) is 6.10. The number of hydrogen-bond donors (Lipinski definition) is 2. The molecular formula is C22H31N5O4. The van der Waals surface area contributed by atoms with Crippen LogP contribution in [0.5, 0.6) is 0 Å². The molecule has 9 heteroatoms. The molecule has 0 radical (unpaired) electrons. The van der Waals surface area contributed by atoms with E-state index in [0.29, 0.717) is 49.5 Å². The maximum absolute atomic E-state index is 12.5. The van der Waals surface area contributed by atoms with Gasteiger partial charge < -0.3 is 19.8 Å². The molecule has 9 nitrogen and oxygen atoms in total. The minimum atomic E-state index is -0.500. The van der Waals surface area contributed by atoms with Crippen LogP contribution in [0.4, 0.5) is 0 Å². The van der Waals surface area contributed by atoms with Crippen LogP contribution in [0.2, 0.25) is 0 Å². The number of aromatic nitrogens is 2. The van der Waals surface area contributed by atoms with Gasteiger partial charge in [0.1, 0.15) is 11.9 Å². The molecule has 1 amide bonds. The van der Waals surface area contributed by atoms with Crippen molar-refractivity contribution in [2.45, 2.75) is 25.5 Å². The molecule has 2 N–H and O–H groups in total. The van der Waals surface area contributed by atoms with Gasteiger partial charge in [0.25, 0.3) is 5.56 Å². The number of para-hydroxylation sites is 1. The lowest BCUT2D eigenvalue weighted by Gasteiger charge is -2.31. The summed E-state index contributed by atoms with van der Waals surface area (Å²) in [6, 6.07) is 7.30. The second-order valence-electron chi connectivity index (χ2n) is 8.08. The Morgan fingerprint density at radius 1 is 1.13 bits per heavy atom. The Balaban J connectivity index is 1.21. The van der Waals surface area contributed by atoms with Crippen molar-refractivity contribution in [3.05, 3.63) is 40.4 Å². The monoisotopic (exact) mass is 429 g/mol. The molecule has 0 spiro atoms. The number of benzene rings is 1. The van der Waals surface area contributed by atoms with Gasteiger partial charge in [-0.3, -0.25) is 19.4 Å². The van der Waals surface area contributed by atoms with E-state index in [1.165, 1.54) is 0 Å². The number of nitrogens with zero attached hydrogens (tertiary/aromatic N) is 3. The zero-order valence-electron chi connectivity index (χ0n) is 17.8. The standard InChI is InChI=1S/C22H31N5O4/c28-21-17-5-1-2-6-18(17)24-20(25-21)16-27-11-14-31-19(15-27)22(29)23-7-3-4-8-26-9-12-30-13-10-26/h1-2,5-6,19H,3-4,7-16H2,(H,23,29)(H,24,25,28)/t19-/m0/s1. The van der Waals surface area contributed by atoms with E-state index >= 15 is 0 Å². The molecule has 4 rings (SSSR count). The summed E-state index contributed by atoms with van der Waals surface area (Å²) in [6.07, 6.45) is 1.50. The molecule has 2 saturated heterocycles. The van der Waals surface area contributed by atoms with Gasteiger partial charge in [-0.2, -0.15) is 0 Å². The summed E-state index contributed by atoms with van der Waals surface area (Å²) in [4.78, 5) is 36.7. The lowest BCUT2D eigenvalue weighted by molar-refractivity contribution is -0.138. The quantitative estimate of drug-likeness (QED) is 0.584. The van der Waals surface area contributed by atoms with E-state index < -0.39 is 6.10 Å². The third-order valence-electron chi connectivity index (χ3n) is 5.78. The molecule has 31 heavy (non-hydrogen) atoms. The van der Waals surface area contributed by atoms with Gasteiger partial charge in [-0.15, -0.1) is 0 Å². The number of H-pyrrole nitrogens is 1. The average molecular weight is 430 g/mol. The smallest absolute Gasteiger partial charge is 0.258 e. The Hall–Kier alpha value is -2.33. The first-order chi connectivity index (χ1) is 15.2. The van der Waals surface area contributed by atoms with Crippen molar-refractivity contribution in [2.75, 3.05) is 59.1 Å². The summed E-state index contributed by atoms with van der Waals surface area (Å²) in [7, 11) is 0. The lowest BCUT2D eigenvalue weighted by Crippen LogP contribution is -2.49. The fourth-order valence-electron chi connectivity index (χ4n) is 4.04. The third-order valence-corrected chi connectivity index (χ3v) is 5.78. The maximum atomic E-state index is 12.5. The Bertz CT molecular complexity index is 928. The predicted molar refractivity (Wildman–Crippen MR) is 117 cm³/mol. The molecule has 3 heterocycles. The number of fused-ring (bicyclic) bond motifs is 1. The van der Waals surface area contributed by atoms with Crippen LogP contribution in [0.15, 0.2) is 29.1 Å². The maximum Gasteiger partial charge on any atom is 0.258 e. The highest BCUT2D eigenvalue weighted by molar-refractivity contribution is 5.81. The van der Waals surface area contributed by atoms with Crippen LogP contribution in [0.3, 0.4) is 0 Å². The van der Waals surface area contributed by atoms with Crippen LogP contribution in [0, 0.1) is 0 Å². The molecule has 1 aromatic heterocycles.